The van der Waals surface area contributed by atoms with Crippen molar-refractivity contribution in [1.29, 1.82) is 0 Å². The third-order valence-electron chi connectivity index (χ3n) is 4.13. The van der Waals surface area contributed by atoms with Crippen LogP contribution in [0.2, 0.25) is 0 Å². The Bertz CT molecular complexity index is 980. The number of nitrogens with one attached hydrogen (secondary N) is 1. The van der Waals surface area contributed by atoms with Gasteiger partial charge in [-0.25, -0.2) is 4.79 Å². The topological polar surface area (TPSA) is 117 Å². The fourth-order valence-corrected chi connectivity index (χ4v) is 2.49. The zero-order valence-electron chi connectivity index (χ0n) is 16.2. The summed E-state index contributed by atoms with van der Waals surface area (Å²) in [5.41, 5.74) is 0.868. The van der Waals surface area contributed by atoms with E-state index >= 15 is 0 Å². The van der Waals surface area contributed by atoms with Gasteiger partial charge in [-0.1, -0.05) is 12.1 Å². The first kappa shape index (κ1) is 22.5. The molecule has 0 bridgehead atoms. The van der Waals surface area contributed by atoms with Gasteiger partial charge >= 0.3 is 12.6 Å². The largest absolute Gasteiger partial charge is 0.493 e. The molecule has 0 fully saturated rings. The number of benzene rings is 2. The third kappa shape index (κ3) is 5.40. The second kappa shape index (κ2) is 9.63. The molecule has 11 heteroatoms. The molecule has 0 aliphatic carbocycles. The number of ether oxygens (including phenoxy) is 3. The summed E-state index contributed by atoms with van der Waals surface area (Å²) < 4.78 is 38.8. The Morgan fingerprint density at radius 1 is 1.20 bits per heavy atom. The number of nitrogens with zero attached hydrogens (tertiary/aromatic N) is 1. The number of halogens is 2. The molecule has 2 aromatic carbocycles. The van der Waals surface area contributed by atoms with Gasteiger partial charge in [0.15, 0.2) is 18.1 Å². The van der Waals surface area contributed by atoms with Crippen molar-refractivity contribution in [2.45, 2.75) is 20.5 Å². The van der Waals surface area contributed by atoms with Crippen LogP contribution in [-0.2, 0) is 9.53 Å². The highest BCUT2D eigenvalue weighted by Crippen LogP contribution is 2.36. The number of esters is 1. The van der Waals surface area contributed by atoms with Crippen LogP contribution in [0, 0.1) is 24.0 Å². The van der Waals surface area contributed by atoms with E-state index in [2.05, 4.69) is 10.1 Å². The second-order valence-electron chi connectivity index (χ2n) is 6.03. The fraction of sp³-hybridized carbons (Fsp3) is 0.263. The van der Waals surface area contributed by atoms with E-state index in [1.165, 1.54) is 0 Å². The molecule has 0 aliphatic rings. The van der Waals surface area contributed by atoms with Crippen LogP contribution in [0.25, 0.3) is 0 Å². The lowest BCUT2D eigenvalue weighted by molar-refractivity contribution is -0.385. The number of hydrogen-bond donors (Lipinski definition) is 1. The van der Waals surface area contributed by atoms with E-state index < -0.39 is 47.0 Å². The predicted molar refractivity (Wildman–Crippen MR) is 101 cm³/mol. The van der Waals surface area contributed by atoms with Crippen molar-refractivity contribution in [3.05, 3.63) is 57.1 Å². The van der Waals surface area contributed by atoms with Crippen LogP contribution < -0.4 is 14.8 Å². The van der Waals surface area contributed by atoms with E-state index in [4.69, 9.17) is 9.47 Å². The molecule has 1 amide bonds. The molecule has 0 heterocycles. The van der Waals surface area contributed by atoms with Gasteiger partial charge in [-0.05, 0) is 31.0 Å². The highest BCUT2D eigenvalue weighted by atomic mass is 19.3. The first-order chi connectivity index (χ1) is 14.1. The van der Waals surface area contributed by atoms with Crippen molar-refractivity contribution in [3.8, 4) is 11.5 Å². The Hall–Kier alpha value is -3.76. The van der Waals surface area contributed by atoms with Gasteiger partial charge in [0.25, 0.3) is 11.6 Å². The standard InChI is InChI=1S/C19H18F2N2O7/c1-10-5-4-6-13(11(10)2)22-17(24)9-29-18(25)12-7-15(28-3)16(30-19(20)21)8-14(12)23(26)27/h4-8,19H,9H2,1-3H3,(H,22,24). The Morgan fingerprint density at radius 2 is 1.90 bits per heavy atom. The SMILES string of the molecule is COc1cc(C(=O)OCC(=O)Nc2cccc(C)c2C)c([N+](=O)[O-])cc1OC(F)F. The average Bonchev–Trinajstić information content (AvgIpc) is 2.68. The van der Waals surface area contributed by atoms with Gasteiger partial charge in [-0.15, -0.1) is 0 Å². The normalized spacial score (nSPS) is 10.5. The van der Waals surface area contributed by atoms with Crippen LogP contribution in [-0.4, -0.2) is 37.1 Å². The van der Waals surface area contributed by atoms with Gasteiger partial charge in [0, 0.05) is 11.8 Å². The summed E-state index contributed by atoms with van der Waals surface area (Å²) in [6, 6.07) is 6.72. The lowest BCUT2D eigenvalue weighted by Crippen LogP contribution is -2.22. The third-order valence-corrected chi connectivity index (χ3v) is 4.13. The van der Waals surface area contributed by atoms with E-state index in [0.29, 0.717) is 11.8 Å². The number of alkyl halides is 2. The van der Waals surface area contributed by atoms with Gasteiger partial charge in [0.1, 0.15) is 5.56 Å². The molecule has 2 aromatic rings. The summed E-state index contributed by atoms with van der Waals surface area (Å²) in [5.74, 6) is -2.83. The molecule has 0 aliphatic heterocycles. The number of nitro groups is 1. The molecule has 0 aromatic heterocycles. The van der Waals surface area contributed by atoms with Gasteiger partial charge in [-0.2, -0.15) is 8.78 Å². The highest BCUT2D eigenvalue weighted by Gasteiger charge is 2.27. The summed E-state index contributed by atoms with van der Waals surface area (Å²) >= 11 is 0. The van der Waals surface area contributed by atoms with Gasteiger partial charge in [0.05, 0.1) is 18.1 Å². The maximum atomic E-state index is 12.5. The molecule has 30 heavy (non-hydrogen) atoms. The number of carbonyl (C=O) groups excluding carboxylic acids is 2. The number of methoxy groups -OCH3 is 1. The molecule has 1 N–H and O–H groups in total. The molecule has 160 valence electrons. The quantitative estimate of drug-likeness (QED) is 0.391. The van der Waals surface area contributed by atoms with Crippen molar-refractivity contribution in [2.24, 2.45) is 0 Å². The van der Waals surface area contributed by atoms with Crippen LogP contribution in [0.1, 0.15) is 21.5 Å². The fourth-order valence-electron chi connectivity index (χ4n) is 2.49. The number of amides is 1. The van der Waals surface area contributed by atoms with E-state index in [-0.39, 0.29) is 5.75 Å². The molecule has 0 saturated heterocycles. The molecule has 0 saturated carbocycles. The summed E-state index contributed by atoms with van der Waals surface area (Å²) in [4.78, 5) is 34.7. The average molecular weight is 424 g/mol. The molecular weight excluding hydrogens is 406 g/mol. The van der Waals surface area contributed by atoms with E-state index in [1.807, 2.05) is 13.0 Å². The monoisotopic (exact) mass is 424 g/mol. The van der Waals surface area contributed by atoms with Crippen LogP contribution in [0.5, 0.6) is 11.5 Å². The second-order valence-corrected chi connectivity index (χ2v) is 6.03. The lowest BCUT2D eigenvalue weighted by atomic mass is 10.1. The van der Waals surface area contributed by atoms with Crippen LogP contribution in [0.15, 0.2) is 30.3 Å². The maximum Gasteiger partial charge on any atom is 0.387 e. The van der Waals surface area contributed by atoms with Gasteiger partial charge in [-0.3, -0.25) is 14.9 Å². The summed E-state index contributed by atoms with van der Waals surface area (Å²) in [6.45, 7) is -0.319. The smallest absolute Gasteiger partial charge is 0.387 e. The molecule has 2 rings (SSSR count). The van der Waals surface area contributed by atoms with Crippen LogP contribution in [0.3, 0.4) is 0 Å². The summed E-state index contributed by atoms with van der Waals surface area (Å²) in [6.07, 6.45) is 0. The molecule has 9 nitrogen and oxygen atoms in total. The van der Waals surface area contributed by atoms with Gasteiger partial charge in [0.2, 0.25) is 0 Å². The van der Waals surface area contributed by atoms with Crippen molar-refractivity contribution >= 4 is 23.3 Å². The minimum absolute atomic E-state index is 0.340. The molecule has 0 spiro atoms. The van der Waals surface area contributed by atoms with Crippen LogP contribution in [0.4, 0.5) is 20.2 Å². The zero-order chi connectivity index (χ0) is 22.4. The number of rotatable bonds is 8. The minimum Gasteiger partial charge on any atom is -0.493 e. The van der Waals surface area contributed by atoms with E-state index in [0.717, 1.165) is 24.3 Å². The number of aryl methyl sites for hydroxylation is 1. The number of carbonyl (C=O) groups is 2. The Labute approximate surface area is 169 Å². The van der Waals surface area contributed by atoms with Crippen molar-refractivity contribution in [3.63, 3.8) is 0 Å². The van der Waals surface area contributed by atoms with E-state index in [9.17, 15) is 28.5 Å². The van der Waals surface area contributed by atoms with Gasteiger partial charge < -0.3 is 19.5 Å². The van der Waals surface area contributed by atoms with Crippen LogP contribution >= 0.6 is 0 Å². The Balaban J connectivity index is 2.18. The van der Waals surface area contributed by atoms with Crippen molar-refractivity contribution in [1.82, 2.24) is 0 Å². The number of anilines is 1. The van der Waals surface area contributed by atoms with Crippen molar-refractivity contribution < 1.29 is 37.5 Å². The molecular formula is C19H18F2N2O7. The molecule has 0 radical (unpaired) electrons. The molecule has 0 atom stereocenters. The first-order valence-corrected chi connectivity index (χ1v) is 8.48. The van der Waals surface area contributed by atoms with Crippen molar-refractivity contribution in [2.75, 3.05) is 19.0 Å². The van der Waals surface area contributed by atoms with E-state index in [1.54, 1.807) is 19.1 Å². The highest BCUT2D eigenvalue weighted by molar-refractivity contribution is 5.98. The number of nitro benzene ring substituents is 1. The predicted octanol–water partition coefficient (Wildman–Crippen LogP) is 3.62. The number of hydrogen-bond acceptors (Lipinski definition) is 7. The lowest BCUT2D eigenvalue weighted by Gasteiger charge is -2.12. The minimum atomic E-state index is -3.26. The Kier molecular flexibility index (Phi) is 7.23. The summed E-state index contributed by atoms with van der Waals surface area (Å²) in [5, 5.41) is 13.8. The Morgan fingerprint density at radius 3 is 2.50 bits per heavy atom. The zero-order valence-corrected chi connectivity index (χ0v) is 16.2. The molecule has 0 unspecified atom stereocenters. The summed E-state index contributed by atoms with van der Waals surface area (Å²) in [7, 11) is 1.10. The maximum absolute atomic E-state index is 12.5. The first-order valence-electron chi connectivity index (χ1n) is 8.48.